The van der Waals surface area contributed by atoms with Gasteiger partial charge in [-0.05, 0) is 23.8 Å². The molecule has 1 amide bonds. The maximum Gasteiger partial charge on any atom is 0.288 e. The zero-order valence-corrected chi connectivity index (χ0v) is 11.0. The number of amides is 1. The van der Waals surface area contributed by atoms with Crippen LogP contribution in [0, 0.1) is 16.0 Å². The Hall–Kier alpha value is -1.83. The van der Waals surface area contributed by atoms with Gasteiger partial charge in [-0.3, -0.25) is 14.9 Å². The van der Waals surface area contributed by atoms with Crippen LogP contribution in [0.3, 0.4) is 0 Å². The Morgan fingerprint density at radius 3 is 3.11 bits per heavy atom. The summed E-state index contributed by atoms with van der Waals surface area (Å²) in [6.07, 6.45) is 2.12. The number of nitro groups is 1. The van der Waals surface area contributed by atoms with Gasteiger partial charge in [-0.2, -0.15) is 11.8 Å². The minimum Gasteiger partial charge on any atom is -0.383 e. The third-order valence-corrected chi connectivity index (χ3v) is 4.17. The first-order valence-corrected chi connectivity index (χ1v) is 6.99. The van der Waals surface area contributed by atoms with Crippen LogP contribution in [0.15, 0.2) is 12.3 Å². The summed E-state index contributed by atoms with van der Waals surface area (Å²) >= 11 is 1.86. The third-order valence-electron chi connectivity index (χ3n) is 2.93. The van der Waals surface area contributed by atoms with Crippen molar-refractivity contribution >= 4 is 29.2 Å². The van der Waals surface area contributed by atoms with E-state index in [9.17, 15) is 14.9 Å². The number of aromatic nitrogens is 1. The van der Waals surface area contributed by atoms with Crippen molar-refractivity contribution in [3.05, 3.63) is 27.9 Å². The van der Waals surface area contributed by atoms with Gasteiger partial charge < -0.3 is 11.1 Å². The van der Waals surface area contributed by atoms with Gasteiger partial charge in [-0.1, -0.05) is 0 Å². The lowest BCUT2D eigenvalue weighted by atomic mass is 10.1. The predicted molar refractivity (Wildman–Crippen MR) is 73.1 cm³/mol. The van der Waals surface area contributed by atoms with E-state index in [-0.39, 0.29) is 17.1 Å². The summed E-state index contributed by atoms with van der Waals surface area (Å²) in [5.74, 6) is 2.20. The smallest absolute Gasteiger partial charge is 0.288 e. The number of nitrogens with two attached hydrogens (primary N) is 1. The molecule has 0 bridgehead atoms. The Labute approximate surface area is 114 Å². The van der Waals surface area contributed by atoms with E-state index in [0.29, 0.717) is 12.5 Å². The van der Waals surface area contributed by atoms with Gasteiger partial charge in [-0.15, -0.1) is 0 Å². The number of nitrogen functional groups attached to an aromatic ring is 1. The summed E-state index contributed by atoms with van der Waals surface area (Å²) in [4.78, 5) is 25.7. The van der Waals surface area contributed by atoms with Gasteiger partial charge in [0.25, 0.3) is 11.6 Å². The number of hydrogen-bond donors (Lipinski definition) is 2. The second-order valence-corrected chi connectivity index (χ2v) is 5.47. The molecule has 0 aromatic carbocycles. The molecule has 1 unspecified atom stereocenters. The van der Waals surface area contributed by atoms with Crippen LogP contribution in [0.1, 0.15) is 16.8 Å². The Kier molecular flexibility index (Phi) is 4.20. The molecule has 2 rings (SSSR count). The molecule has 0 spiro atoms. The zero-order valence-electron chi connectivity index (χ0n) is 10.2. The Morgan fingerprint density at radius 2 is 2.47 bits per heavy atom. The lowest BCUT2D eigenvalue weighted by Crippen LogP contribution is -2.30. The summed E-state index contributed by atoms with van der Waals surface area (Å²) in [5, 5.41) is 13.4. The average Bonchev–Trinajstić information content (AvgIpc) is 2.89. The van der Waals surface area contributed by atoms with Gasteiger partial charge >= 0.3 is 0 Å². The van der Waals surface area contributed by atoms with Crippen molar-refractivity contribution in [2.75, 3.05) is 23.8 Å². The Bertz CT molecular complexity index is 503. The number of hydrogen-bond acceptors (Lipinski definition) is 6. The van der Waals surface area contributed by atoms with Crippen molar-refractivity contribution in [2.45, 2.75) is 6.42 Å². The van der Waals surface area contributed by atoms with Crippen LogP contribution in [0.5, 0.6) is 0 Å². The van der Waals surface area contributed by atoms with E-state index in [4.69, 9.17) is 5.73 Å². The van der Waals surface area contributed by atoms with Crippen molar-refractivity contribution in [2.24, 2.45) is 5.92 Å². The number of anilines is 1. The van der Waals surface area contributed by atoms with E-state index in [1.165, 1.54) is 0 Å². The third kappa shape index (κ3) is 3.34. The highest BCUT2D eigenvalue weighted by molar-refractivity contribution is 7.99. The van der Waals surface area contributed by atoms with E-state index in [1.807, 2.05) is 11.8 Å². The van der Waals surface area contributed by atoms with Crippen molar-refractivity contribution in [1.82, 2.24) is 10.3 Å². The highest BCUT2D eigenvalue weighted by Gasteiger charge is 2.19. The standard InChI is InChI=1S/C11H14N4O3S/c12-10-9(3-8(5-13-10)15(17)18)11(16)14-4-7-1-2-19-6-7/h3,5,7H,1-2,4,6H2,(H2,12,13)(H,14,16). The highest BCUT2D eigenvalue weighted by Crippen LogP contribution is 2.23. The Morgan fingerprint density at radius 1 is 1.68 bits per heavy atom. The fourth-order valence-corrected chi connectivity index (χ4v) is 3.11. The van der Waals surface area contributed by atoms with E-state index >= 15 is 0 Å². The van der Waals surface area contributed by atoms with Crippen LogP contribution >= 0.6 is 11.8 Å². The summed E-state index contributed by atoms with van der Waals surface area (Å²) < 4.78 is 0. The minimum absolute atomic E-state index is 0.00361. The zero-order chi connectivity index (χ0) is 13.8. The molecular weight excluding hydrogens is 268 g/mol. The molecule has 0 saturated carbocycles. The molecule has 7 nitrogen and oxygen atoms in total. The van der Waals surface area contributed by atoms with Crippen LogP contribution in [0.4, 0.5) is 11.5 Å². The quantitative estimate of drug-likeness (QED) is 0.631. The number of carbonyl (C=O) groups excluding carboxylic acids is 1. The summed E-state index contributed by atoms with van der Waals surface area (Å²) in [5.41, 5.74) is 5.39. The van der Waals surface area contributed by atoms with Crippen LogP contribution in [-0.2, 0) is 0 Å². The topological polar surface area (TPSA) is 111 Å². The van der Waals surface area contributed by atoms with E-state index in [0.717, 1.165) is 30.2 Å². The predicted octanol–water partition coefficient (Wildman–Crippen LogP) is 1.05. The van der Waals surface area contributed by atoms with Crippen molar-refractivity contribution < 1.29 is 9.72 Å². The molecule has 1 saturated heterocycles. The normalized spacial score (nSPS) is 18.2. The number of pyridine rings is 1. The maximum absolute atomic E-state index is 11.9. The first kappa shape index (κ1) is 13.6. The number of nitrogens with zero attached hydrogens (tertiary/aromatic N) is 2. The van der Waals surface area contributed by atoms with Crippen molar-refractivity contribution in [3.63, 3.8) is 0 Å². The first-order chi connectivity index (χ1) is 9.08. The van der Waals surface area contributed by atoms with Gasteiger partial charge in [0, 0.05) is 12.6 Å². The molecule has 0 radical (unpaired) electrons. The second kappa shape index (κ2) is 5.87. The van der Waals surface area contributed by atoms with Crippen LogP contribution in [0.25, 0.3) is 0 Å². The van der Waals surface area contributed by atoms with Crippen molar-refractivity contribution in [1.29, 1.82) is 0 Å². The number of carbonyl (C=O) groups is 1. The number of rotatable bonds is 4. The first-order valence-electron chi connectivity index (χ1n) is 5.84. The molecular formula is C11H14N4O3S. The molecule has 8 heteroatoms. The fourth-order valence-electron chi connectivity index (χ4n) is 1.82. The molecule has 1 atom stereocenters. The fraction of sp³-hybridized carbons (Fsp3) is 0.455. The molecule has 0 aliphatic carbocycles. The monoisotopic (exact) mass is 282 g/mol. The van der Waals surface area contributed by atoms with Crippen molar-refractivity contribution in [3.8, 4) is 0 Å². The molecule has 2 heterocycles. The number of thioether (sulfide) groups is 1. The van der Waals surface area contributed by atoms with Crippen LogP contribution in [0.2, 0.25) is 0 Å². The minimum atomic E-state index is -0.600. The molecule has 1 aromatic rings. The second-order valence-electron chi connectivity index (χ2n) is 4.32. The lowest BCUT2D eigenvalue weighted by molar-refractivity contribution is -0.385. The average molecular weight is 282 g/mol. The van der Waals surface area contributed by atoms with Gasteiger partial charge in [-0.25, -0.2) is 4.98 Å². The van der Waals surface area contributed by atoms with E-state index in [2.05, 4.69) is 10.3 Å². The van der Waals surface area contributed by atoms with Crippen LogP contribution in [-0.4, -0.2) is 33.9 Å². The number of nitrogens with one attached hydrogen (secondary N) is 1. The van der Waals surface area contributed by atoms with E-state index in [1.54, 1.807) is 0 Å². The molecule has 1 aliphatic heterocycles. The molecule has 1 aliphatic rings. The molecule has 1 fully saturated rings. The SMILES string of the molecule is Nc1ncc([N+](=O)[O-])cc1C(=O)NCC1CCSC1. The maximum atomic E-state index is 11.9. The molecule has 102 valence electrons. The molecule has 1 aromatic heterocycles. The lowest BCUT2D eigenvalue weighted by Gasteiger charge is -2.10. The molecule has 19 heavy (non-hydrogen) atoms. The largest absolute Gasteiger partial charge is 0.383 e. The van der Waals surface area contributed by atoms with Gasteiger partial charge in [0.15, 0.2) is 0 Å². The Balaban J connectivity index is 2.04. The van der Waals surface area contributed by atoms with E-state index < -0.39 is 10.8 Å². The van der Waals surface area contributed by atoms with Gasteiger partial charge in [0.1, 0.15) is 12.0 Å². The summed E-state index contributed by atoms with van der Waals surface area (Å²) in [6.45, 7) is 0.563. The van der Waals surface area contributed by atoms with Gasteiger partial charge in [0.05, 0.1) is 10.5 Å². The molecule has 3 N–H and O–H groups in total. The summed E-state index contributed by atoms with van der Waals surface area (Å²) in [7, 11) is 0. The van der Waals surface area contributed by atoms with Gasteiger partial charge in [0.2, 0.25) is 0 Å². The summed E-state index contributed by atoms with van der Waals surface area (Å²) in [6, 6.07) is 1.15. The highest BCUT2D eigenvalue weighted by atomic mass is 32.2. The van der Waals surface area contributed by atoms with Crippen LogP contribution < -0.4 is 11.1 Å².